The molecule has 0 bridgehead atoms. The summed E-state index contributed by atoms with van der Waals surface area (Å²) in [6.07, 6.45) is 1.88. The third-order valence-corrected chi connectivity index (χ3v) is 6.93. The number of aromatic nitrogens is 1. The van der Waals surface area contributed by atoms with Crippen molar-refractivity contribution < 1.29 is 13.2 Å². The summed E-state index contributed by atoms with van der Waals surface area (Å²) in [7, 11) is -3.43. The lowest BCUT2D eigenvalue weighted by Crippen LogP contribution is -2.54. The highest BCUT2D eigenvalue weighted by atomic mass is 79.9. The van der Waals surface area contributed by atoms with Crippen LogP contribution in [-0.2, 0) is 16.8 Å². The molecule has 0 aliphatic carbocycles. The van der Waals surface area contributed by atoms with E-state index in [1.54, 1.807) is 4.90 Å². The molecule has 1 aliphatic rings. The van der Waals surface area contributed by atoms with Gasteiger partial charge < -0.3 is 9.47 Å². The van der Waals surface area contributed by atoms with Gasteiger partial charge in [0.05, 0.1) is 0 Å². The maximum atomic E-state index is 12.7. The fourth-order valence-electron chi connectivity index (χ4n) is 2.91. The molecule has 24 heavy (non-hydrogen) atoms. The minimum absolute atomic E-state index is 0.0533. The molecular weight excluding hydrogens is 396 g/mol. The van der Waals surface area contributed by atoms with E-state index in [4.69, 9.17) is 0 Å². The Morgan fingerprint density at radius 1 is 1.17 bits per heavy atom. The number of amides is 1. The SMILES string of the molecule is CCN(CC)S(=O)(=O)N1CCN(C(=O)c2cc(Br)cn2CC)CC1. The van der Waals surface area contributed by atoms with Gasteiger partial charge in [0.1, 0.15) is 5.69 Å². The minimum atomic E-state index is -3.43. The summed E-state index contributed by atoms with van der Waals surface area (Å²) < 4.78 is 30.8. The van der Waals surface area contributed by atoms with E-state index in [1.807, 2.05) is 37.6 Å². The van der Waals surface area contributed by atoms with Crippen molar-refractivity contribution in [1.29, 1.82) is 0 Å². The van der Waals surface area contributed by atoms with Crippen LogP contribution in [0.3, 0.4) is 0 Å². The monoisotopic (exact) mass is 420 g/mol. The summed E-state index contributed by atoms with van der Waals surface area (Å²) in [6.45, 7) is 8.75. The molecule has 0 spiro atoms. The lowest BCUT2D eigenvalue weighted by atomic mass is 10.3. The third kappa shape index (κ3) is 3.84. The van der Waals surface area contributed by atoms with Crippen LogP contribution in [0.15, 0.2) is 16.7 Å². The fourth-order valence-corrected chi connectivity index (χ4v) is 4.98. The van der Waals surface area contributed by atoms with Crippen molar-refractivity contribution in [2.75, 3.05) is 39.3 Å². The zero-order valence-electron chi connectivity index (χ0n) is 14.4. The molecule has 1 aromatic rings. The normalized spacial score (nSPS) is 16.8. The van der Waals surface area contributed by atoms with E-state index in [0.717, 1.165) is 4.47 Å². The van der Waals surface area contributed by atoms with Gasteiger partial charge in [-0.25, -0.2) is 0 Å². The number of carbonyl (C=O) groups is 1. The molecule has 2 heterocycles. The van der Waals surface area contributed by atoms with Gasteiger partial charge in [0.25, 0.3) is 16.1 Å². The van der Waals surface area contributed by atoms with E-state index >= 15 is 0 Å². The van der Waals surface area contributed by atoms with Crippen LogP contribution >= 0.6 is 15.9 Å². The first-order valence-corrected chi connectivity index (χ1v) is 10.4. The summed E-state index contributed by atoms with van der Waals surface area (Å²) in [5, 5.41) is 0. The predicted octanol–water partition coefficient (Wildman–Crippen LogP) is 1.61. The Hall–Kier alpha value is -0.900. The fraction of sp³-hybridized carbons (Fsp3) is 0.667. The summed E-state index contributed by atoms with van der Waals surface area (Å²) >= 11 is 3.40. The van der Waals surface area contributed by atoms with Crippen molar-refractivity contribution in [2.45, 2.75) is 27.3 Å². The Balaban J connectivity index is 2.06. The van der Waals surface area contributed by atoms with Crippen LogP contribution in [0.4, 0.5) is 0 Å². The Kier molecular flexibility index (Phi) is 6.46. The van der Waals surface area contributed by atoms with E-state index in [0.29, 0.717) is 51.5 Å². The Morgan fingerprint density at radius 2 is 1.75 bits per heavy atom. The summed E-state index contributed by atoms with van der Waals surface area (Å²) in [5.74, 6) is -0.0533. The molecule has 0 radical (unpaired) electrons. The average molecular weight is 421 g/mol. The predicted molar refractivity (Wildman–Crippen MR) is 97.1 cm³/mol. The highest BCUT2D eigenvalue weighted by Crippen LogP contribution is 2.19. The topological polar surface area (TPSA) is 65.9 Å². The van der Waals surface area contributed by atoms with Gasteiger partial charge in [-0.3, -0.25) is 4.79 Å². The Morgan fingerprint density at radius 3 is 2.25 bits per heavy atom. The zero-order valence-corrected chi connectivity index (χ0v) is 16.8. The maximum Gasteiger partial charge on any atom is 0.282 e. The van der Waals surface area contributed by atoms with Crippen molar-refractivity contribution in [3.63, 3.8) is 0 Å². The second kappa shape index (κ2) is 7.99. The Bertz CT molecular complexity index is 677. The van der Waals surface area contributed by atoms with E-state index in [9.17, 15) is 13.2 Å². The van der Waals surface area contributed by atoms with Crippen LogP contribution < -0.4 is 0 Å². The van der Waals surface area contributed by atoms with Crippen LogP contribution in [0.5, 0.6) is 0 Å². The summed E-state index contributed by atoms with van der Waals surface area (Å²) in [5.41, 5.74) is 0.629. The molecule has 7 nitrogen and oxygen atoms in total. The van der Waals surface area contributed by atoms with E-state index in [1.165, 1.54) is 8.61 Å². The maximum absolute atomic E-state index is 12.7. The molecule has 0 atom stereocenters. The molecule has 9 heteroatoms. The molecule has 0 saturated carbocycles. The molecule has 1 fully saturated rings. The standard InChI is InChI=1S/C15H25BrN4O3S/c1-4-17-12-13(16)11-14(17)15(21)18-7-9-20(10-8-18)24(22,23)19(5-2)6-3/h11-12H,4-10H2,1-3H3. The van der Waals surface area contributed by atoms with Crippen LogP contribution in [-0.4, -0.2) is 71.7 Å². The van der Waals surface area contributed by atoms with Gasteiger partial charge in [0, 0.05) is 56.5 Å². The molecule has 1 amide bonds. The first-order valence-electron chi connectivity index (χ1n) is 8.25. The lowest BCUT2D eigenvalue weighted by molar-refractivity contribution is 0.0683. The van der Waals surface area contributed by atoms with Gasteiger partial charge in [-0.1, -0.05) is 13.8 Å². The van der Waals surface area contributed by atoms with Gasteiger partial charge in [-0.15, -0.1) is 0 Å². The van der Waals surface area contributed by atoms with Crippen LogP contribution in [0.1, 0.15) is 31.3 Å². The van der Waals surface area contributed by atoms with Crippen molar-refractivity contribution in [1.82, 2.24) is 18.1 Å². The van der Waals surface area contributed by atoms with E-state index < -0.39 is 10.2 Å². The number of aryl methyl sites for hydroxylation is 1. The Labute approximate surface area is 152 Å². The van der Waals surface area contributed by atoms with E-state index in [2.05, 4.69) is 15.9 Å². The van der Waals surface area contributed by atoms with Crippen LogP contribution in [0.2, 0.25) is 0 Å². The summed E-state index contributed by atoms with van der Waals surface area (Å²) in [6, 6.07) is 1.81. The number of hydrogen-bond acceptors (Lipinski definition) is 3. The largest absolute Gasteiger partial charge is 0.343 e. The van der Waals surface area contributed by atoms with Gasteiger partial charge >= 0.3 is 0 Å². The highest BCUT2D eigenvalue weighted by Gasteiger charge is 2.32. The number of nitrogens with zero attached hydrogens (tertiary/aromatic N) is 4. The number of carbonyl (C=O) groups excluding carboxylic acids is 1. The van der Waals surface area contributed by atoms with Crippen molar-refractivity contribution in [2.24, 2.45) is 0 Å². The van der Waals surface area contributed by atoms with Crippen LogP contribution in [0, 0.1) is 0 Å². The number of halogens is 1. The molecule has 0 unspecified atom stereocenters. The number of rotatable bonds is 6. The molecule has 0 aromatic carbocycles. The second-order valence-electron chi connectivity index (χ2n) is 5.61. The van der Waals surface area contributed by atoms with Gasteiger partial charge in [0.2, 0.25) is 0 Å². The van der Waals surface area contributed by atoms with Gasteiger partial charge in [0.15, 0.2) is 0 Å². The van der Waals surface area contributed by atoms with Crippen LogP contribution in [0.25, 0.3) is 0 Å². The zero-order chi connectivity index (χ0) is 17.9. The third-order valence-electron chi connectivity index (χ3n) is 4.31. The highest BCUT2D eigenvalue weighted by molar-refractivity contribution is 9.10. The molecule has 0 N–H and O–H groups in total. The average Bonchev–Trinajstić information content (AvgIpc) is 2.96. The molecule has 2 rings (SSSR count). The molecule has 1 saturated heterocycles. The minimum Gasteiger partial charge on any atom is -0.343 e. The van der Waals surface area contributed by atoms with Gasteiger partial charge in [-0.05, 0) is 28.9 Å². The first kappa shape index (κ1) is 19.4. The van der Waals surface area contributed by atoms with E-state index in [-0.39, 0.29) is 5.91 Å². The number of hydrogen-bond donors (Lipinski definition) is 0. The first-order chi connectivity index (χ1) is 11.3. The molecule has 1 aromatic heterocycles. The second-order valence-corrected chi connectivity index (χ2v) is 8.46. The quantitative estimate of drug-likeness (QED) is 0.701. The van der Waals surface area contributed by atoms with Crippen molar-refractivity contribution in [3.8, 4) is 0 Å². The molecule has 136 valence electrons. The van der Waals surface area contributed by atoms with Gasteiger partial charge in [-0.2, -0.15) is 17.0 Å². The lowest BCUT2D eigenvalue weighted by Gasteiger charge is -2.36. The molecular formula is C15H25BrN4O3S. The number of piperazine rings is 1. The van der Waals surface area contributed by atoms with Crippen molar-refractivity contribution >= 4 is 32.0 Å². The molecule has 1 aliphatic heterocycles. The smallest absolute Gasteiger partial charge is 0.282 e. The summed E-state index contributed by atoms with van der Waals surface area (Å²) in [4.78, 5) is 14.4. The van der Waals surface area contributed by atoms with Crippen molar-refractivity contribution in [3.05, 3.63) is 22.4 Å².